The molecule has 0 aromatic heterocycles. The van der Waals surface area contributed by atoms with Crippen LogP contribution in [0.15, 0.2) is 48.5 Å². The molecule has 30 heavy (non-hydrogen) atoms. The molecular weight excluding hydrogens is 410 g/mol. The SMILES string of the molecule is COC(=O)CNC(=O)c1ccc(NC(=O)C2CC(=O)N(c3cccc(Cl)c3)C2)cc1. The molecule has 1 fully saturated rings. The third-order valence-corrected chi connectivity index (χ3v) is 4.89. The highest BCUT2D eigenvalue weighted by molar-refractivity contribution is 6.31. The number of amides is 3. The predicted molar refractivity (Wildman–Crippen MR) is 111 cm³/mol. The van der Waals surface area contributed by atoms with E-state index >= 15 is 0 Å². The lowest BCUT2D eigenvalue weighted by atomic mass is 10.1. The number of benzene rings is 2. The molecule has 3 amide bonds. The number of hydrogen-bond donors (Lipinski definition) is 2. The Morgan fingerprint density at radius 3 is 2.57 bits per heavy atom. The fraction of sp³-hybridized carbons (Fsp3) is 0.238. The fourth-order valence-corrected chi connectivity index (χ4v) is 3.24. The first-order valence-electron chi connectivity index (χ1n) is 9.19. The quantitative estimate of drug-likeness (QED) is 0.685. The topological polar surface area (TPSA) is 105 Å². The van der Waals surface area contributed by atoms with Gasteiger partial charge in [-0.05, 0) is 42.5 Å². The number of carbonyl (C=O) groups is 4. The summed E-state index contributed by atoms with van der Waals surface area (Å²) in [6, 6.07) is 13.1. The number of halogens is 1. The smallest absolute Gasteiger partial charge is 0.325 e. The molecule has 2 aromatic rings. The summed E-state index contributed by atoms with van der Waals surface area (Å²) in [7, 11) is 1.23. The number of nitrogens with one attached hydrogen (secondary N) is 2. The number of rotatable bonds is 6. The molecule has 0 saturated carbocycles. The van der Waals surface area contributed by atoms with Crippen LogP contribution < -0.4 is 15.5 Å². The van der Waals surface area contributed by atoms with Gasteiger partial charge in [0.05, 0.1) is 13.0 Å². The summed E-state index contributed by atoms with van der Waals surface area (Å²) in [6.07, 6.45) is 0.104. The van der Waals surface area contributed by atoms with Crippen LogP contribution in [0.4, 0.5) is 11.4 Å². The molecule has 0 radical (unpaired) electrons. The van der Waals surface area contributed by atoms with Crippen LogP contribution in [0.2, 0.25) is 5.02 Å². The molecule has 1 aliphatic heterocycles. The molecular formula is C21H20ClN3O5. The molecule has 0 aliphatic carbocycles. The van der Waals surface area contributed by atoms with Crippen molar-refractivity contribution < 1.29 is 23.9 Å². The lowest BCUT2D eigenvalue weighted by molar-refractivity contribution is -0.139. The molecule has 8 nitrogen and oxygen atoms in total. The Morgan fingerprint density at radius 1 is 1.17 bits per heavy atom. The van der Waals surface area contributed by atoms with Crippen molar-refractivity contribution in [1.82, 2.24) is 5.32 Å². The molecule has 9 heteroatoms. The van der Waals surface area contributed by atoms with Gasteiger partial charge in [-0.15, -0.1) is 0 Å². The minimum atomic E-state index is -0.551. The summed E-state index contributed by atoms with van der Waals surface area (Å²) < 4.78 is 4.46. The van der Waals surface area contributed by atoms with Crippen LogP contribution in [-0.2, 0) is 19.1 Å². The minimum absolute atomic E-state index is 0.104. The zero-order chi connectivity index (χ0) is 21.7. The molecule has 156 valence electrons. The molecule has 0 spiro atoms. The molecule has 3 rings (SSSR count). The third kappa shape index (κ3) is 5.15. The normalized spacial score (nSPS) is 15.6. The van der Waals surface area contributed by atoms with Crippen molar-refractivity contribution in [1.29, 1.82) is 0 Å². The molecule has 1 aliphatic rings. The number of hydrogen-bond acceptors (Lipinski definition) is 5. The lowest BCUT2D eigenvalue weighted by Gasteiger charge is -2.17. The molecule has 1 atom stereocenters. The van der Waals surface area contributed by atoms with Gasteiger partial charge < -0.3 is 20.3 Å². The van der Waals surface area contributed by atoms with Crippen LogP contribution in [0.25, 0.3) is 0 Å². The molecule has 1 saturated heterocycles. The van der Waals surface area contributed by atoms with Crippen LogP contribution in [0.1, 0.15) is 16.8 Å². The van der Waals surface area contributed by atoms with E-state index in [0.29, 0.717) is 22.0 Å². The average Bonchev–Trinajstić information content (AvgIpc) is 3.14. The summed E-state index contributed by atoms with van der Waals surface area (Å²) >= 11 is 5.99. The van der Waals surface area contributed by atoms with E-state index in [9.17, 15) is 19.2 Å². The van der Waals surface area contributed by atoms with Crippen molar-refractivity contribution in [2.75, 3.05) is 30.4 Å². The van der Waals surface area contributed by atoms with Gasteiger partial charge >= 0.3 is 5.97 Å². The van der Waals surface area contributed by atoms with Crippen molar-refractivity contribution in [3.63, 3.8) is 0 Å². The minimum Gasteiger partial charge on any atom is -0.468 e. The summed E-state index contributed by atoms with van der Waals surface area (Å²) in [5.74, 6) is -1.91. The van der Waals surface area contributed by atoms with Crippen LogP contribution >= 0.6 is 11.6 Å². The molecule has 1 heterocycles. The Bertz CT molecular complexity index is 977. The van der Waals surface area contributed by atoms with E-state index in [1.165, 1.54) is 19.2 Å². The highest BCUT2D eigenvalue weighted by Crippen LogP contribution is 2.27. The molecule has 0 bridgehead atoms. The zero-order valence-corrected chi connectivity index (χ0v) is 16.9. The number of nitrogens with zero attached hydrogens (tertiary/aromatic N) is 1. The van der Waals surface area contributed by atoms with Crippen molar-refractivity contribution in [2.45, 2.75) is 6.42 Å². The van der Waals surface area contributed by atoms with E-state index in [0.717, 1.165) is 0 Å². The highest BCUT2D eigenvalue weighted by Gasteiger charge is 2.35. The number of anilines is 2. The largest absolute Gasteiger partial charge is 0.468 e. The Kier molecular flexibility index (Phi) is 6.68. The second-order valence-electron chi connectivity index (χ2n) is 6.71. The highest BCUT2D eigenvalue weighted by atomic mass is 35.5. The first-order valence-corrected chi connectivity index (χ1v) is 9.57. The van der Waals surface area contributed by atoms with Crippen LogP contribution in [0, 0.1) is 5.92 Å². The zero-order valence-electron chi connectivity index (χ0n) is 16.2. The Hall–Kier alpha value is -3.39. The molecule has 2 aromatic carbocycles. The predicted octanol–water partition coefficient (Wildman–Crippen LogP) is 2.23. The molecule has 1 unspecified atom stereocenters. The number of methoxy groups -OCH3 is 1. The number of carbonyl (C=O) groups excluding carboxylic acids is 4. The maximum Gasteiger partial charge on any atom is 0.325 e. The van der Waals surface area contributed by atoms with E-state index in [1.54, 1.807) is 41.3 Å². The Balaban J connectivity index is 1.58. The Morgan fingerprint density at radius 2 is 1.90 bits per heavy atom. The second-order valence-corrected chi connectivity index (χ2v) is 7.15. The van der Waals surface area contributed by atoms with E-state index in [4.69, 9.17) is 11.6 Å². The van der Waals surface area contributed by atoms with E-state index < -0.39 is 17.8 Å². The van der Waals surface area contributed by atoms with Gasteiger partial charge in [-0.3, -0.25) is 19.2 Å². The first kappa shape index (κ1) is 21.3. The van der Waals surface area contributed by atoms with Crippen LogP contribution in [-0.4, -0.2) is 43.9 Å². The van der Waals surface area contributed by atoms with Crippen molar-refractivity contribution in [3.05, 3.63) is 59.1 Å². The van der Waals surface area contributed by atoms with Gasteiger partial charge in [0.2, 0.25) is 11.8 Å². The van der Waals surface area contributed by atoms with Crippen LogP contribution in [0.3, 0.4) is 0 Å². The van der Waals surface area contributed by atoms with Gasteiger partial charge in [-0.1, -0.05) is 17.7 Å². The van der Waals surface area contributed by atoms with Gasteiger partial charge in [-0.25, -0.2) is 0 Å². The molecule has 2 N–H and O–H groups in total. The van der Waals surface area contributed by atoms with Gasteiger partial charge in [0.1, 0.15) is 6.54 Å². The average molecular weight is 430 g/mol. The van der Waals surface area contributed by atoms with Gasteiger partial charge in [0, 0.05) is 34.9 Å². The van der Waals surface area contributed by atoms with Gasteiger partial charge in [0.25, 0.3) is 5.91 Å². The maximum absolute atomic E-state index is 12.6. The maximum atomic E-state index is 12.6. The van der Waals surface area contributed by atoms with Crippen molar-refractivity contribution in [2.24, 2.45) is 5.92 Å². The van der Waals surface area contributed by atoms with Crippen molar-refractivity contribution in [3.8, 4) is 0 Å². The number of ether oxygens (including phenoxy) is 1. The fourth-order valence-electron chi connectivity index (χ4n) is 3.05. The second kappa shape index (κ2) is 9.41. The summed E-state index contributed by atoms with van der Waals surface area (Å²) in [5.41, 5.74) is 1.49. The number of esters is 1. The monoisotopic (exact) mass is 429 g/mol. The van der Waals surface area contributed by atoms with E-state index in [1.807, 2.05) is 0 Å². The summed E-state index contributed by atoms with van der Waals surface area (Å²) in [5, 5.41) is 5.71. The van der Waals surface area contributed by atoms with E-state index in [-0.39, 0.29) is 31.3 Å². The standard InChI is InChI=1S/C21H20ClN3O5/c1-30-19(27)11-23-20(28)13-5-7-16(8-6-13)24-21(29)14-9-18(26)25(12-14)17-4-2-3-15(22)10-17/h2-8,10,14H,9,11-12H2,1H3,(H,23,28)(H,24,29). The van der Waals surface area contributed by atoms with Crippen molar-refractivity contribution >= 4 is 46.7 Å². The Labute approximate surface area is 178 Å². The van der Waals surface area contributed by atoms with Gasteiger partial charge in [-0.2, -0.15) is 0 Å². The van der Waals surface area contributed by atoms with Gasteiger partial charge in [0.15, 0.2) is 0 Å². The third-order valence-electron chi connectivity index (χ3n) is 4.65. The lowest BCUT2D eigenvalue weighted by Crippen LogP contribution is -2.30. The summed E-state index contributed by atoms with van der Waals surface area (Å²) in [6.45, 7) is 0.0334. The van der Waals surface area contributed by atoms with Crippen LogP contribution in [0.5, 0.6) is 0 Å². The van der Waals surface area contributed by atoms with E-state index in [2.05, 4.69) is 15.4 Å². The first-order chi connectivity index (χ1) is 14.4. The summed E-state index contributed by atoms with van der Waals surface area (Å²) in [4.78, 5) is 49.5.